The van der Waals surface area contributed by atoms with Gasteiger partial charge < -0.3 is 10.4 Å². The molecule has 0 aliphatic heterocycles. The molecule has 0 radical (unpaired) electrons. The molecule has 0 spiro atoms. The van der Waals surface area contributed by atoms with E-state index in [0.717, 1.165) is 31.2 Å². The summed E-state index contributed by atoms with van der Waals surface area (Å²) < 4.78 is 0. The lowest BCUT2D eigenvalue weighted by atomic mass is 10.0. The lowest BCUT2D eigenvalue weighted by molar-refractivity contribution is -0.384. The van der Waals surface area contributed by atoms with Gasteiger partial charge in [-0.25, -0.2) is 0 Å². The molecule has 116 valence electrons. The molecule has 2 rings (SSSR count). The van der Waals surface area contributed by atoms with E-state index in [2.05, 4.69) is 5.32 Å². The van der Waals surface area contributed by atoms with Crippen LogP contribution >= 0.6 is 0 Å². The average Bonchev–Trinajstić information content (AvgIpc) is 2.84. The number of anilines is 1. The van der Waals surface area contributed by atoms with E-state index in [1.807, 2.05) is 18.0 Å². The maximum Gasteiger partial charge on any atom is 0.292 e. The van der Waals surface area contributed by atoms with Crippen molar-refractivity contribution in [1.29, 1.82) is 0 Å². The second-order valence-corrected chi connectivity index (χ2v) is 5.92. The number of hydrogen-bond acceptors (Lipinski definition) is 5. The van der Waals surface area contributed by atoms with E-state index in [1.54, 1.807) is 13.1 Å². The van der Waals surface area contributed by atoms with Crippen LogP contribution in [0.1, 0.15) is 31.2 Å². The zero-order valence-corrected chi connectivity index (χ0v) is 12.6. The normalized spacial score (nSPS) is 17.1. The summed E-state index contributed by atoms with van der Waals surface area (Å²) in [5.41, 5.74) is 0.904. The highest BCUT2D eigenvalue weighted by Gasteiger charge is 2.32. The summed E-state index contributed by atoms with van der Waals surface area (Å²) in [7, 11) is 3.63. The molecule has 0 unspecified atom stereocenters. The number of nitro groups is 1. The van der Waals surface area contributed by atoms with Crippen LogP contribution in [0.5, 0.6) is 0 Å². The molecule has 0 aromatic heterocycles. The highest BCUT2D eigenvalue weighted by atomic mass is 16.6. The Balaban J connectivity index is 2.11. The third-order valence-corrected chi connectivity index (χ3v) is 4.11. The van der Waals surface area contributed by atoms with E-state index in [-0.39, 0.29) is 10.6 Å². The van der Waals surface area contributed by atoms with Gasteiger partial charge in [0, 0.05) is 26.2 Å². The zero-order valence-electron chi connectivity index (χ0n) is 12.6. The SMILES string of the molecule is CNc1c(CN(C)CC2(O)CCCC2)cccc1[N+](=O)[O-]. The third kappa shape index (κ3) is 3.71. The number of aliphatic hydroxyl groups is 1. The predicted octanol–water partition coefficient (Wildman–Crippen LogP) is 2.37. The Hall–Kier alpha value is -1.66. The second-order valence-electron chi connectivity index (χ2n) is 5.92. The van der Waals surface area contributed by atoms with E-state index in [9.17, 15) is 15.2 Å². The van der Waals surface area contributed by atoms with E-state index in [4.69, 9.17) is 0 Å². The van der Waals surface area contributed by atoms with Crippen LogP contribution in [0.25, 0.3) is 0 Å². The molecular formula is C15H23N3O3. The number of nitrogens with zero attached hydrogens (tertiary/aromatic N) is 2. The maximum absolute atomic E-state index is 11.1. The molecule has 1 aromatic rings. The first-order chi connectivity index (χ1) is 9.95. The fraction of sp³-hybridized carbons (Fsp3) is 0.600. The Labute approximate surface area is 124 Å². The molecule has 6 heteroatoms. The summed E-state index contributed by atoms with van der Waals surface area (Å²) in [6, 6.07) is 5.08. The Morgan fingerprint density at radius 3 is 2.67 bits per heavy atom. The quantitative estimate of drug-likeness (QED) is 0.622. The van der Waals surface area contributed by atoms with Crippen molar-refractivity contribution >= 4 is 11.4 Å². The van der Waals surface area contributed by atoms with Gasteiger partial charge in [0.1, 0.15) is 5.69 Å². The van der Waals surface area contributed by atoms with Gasteiger partial charge in [-0.05, 0) is 25.5 Å². The summed E-state index contributed by atoms with van der Waals surface area (Å²) in [5, 5.41) is 24.4. The fourth-order valence-corrected chi connectivity index (χ4v) is 3.20. The highest BCUT2D eigenvalue weighted by molar-refractivity contribution is 5.66. The number of para-hydroxylation sites is 1. The summed E-state index contributed by atoms with van der Waals surface area (Å²) >= 11 is 0. The van der Waals surface area contributed by atoms with Crippen molar-refractivity contribution in [3.8, 4) is 0 Å². The summed E-state index contributed by atoms with van der Waals surface area (Å²) in [5.74, 6) is 0. The van der Waals surface area contributed by atoms with Crippen LogP contribution in [0.15, 0.2) is 18.2 Å². The van der Waals surface area contributed by atoms with Crippen LogP contribution in [-0.2, 0) is 6.54 Å². The lowest BCUT2D eigenvalue weighted by Crippen LogP contribution is -2.38. The van der Waals surface area contributed by atoms with Crippen molar-refractivity contribution in [2.24, 2.45) is 0 Å². The van der Waals surface area contributed by atoms with E-state index >= 15 is 0 Å². The Morgan fingerprint density at radius 1 is 1.43 bits per heavy atom. The molecule has 1 aliphatic carbocycles. The number of nitrogens with one attached hydrogen (secondary N) is 1. The molecule has 1 fully saturated rings. The molecule has 0 amide bonds. The molecule has 21 heavy (non-hydrogen) atoms. The zero-order chi connectivity index (χ0) is 15.5. The van der Waals surface area contributed by atoms with Gasteiger partial charge in [-0.2, -0.15) is 0 Å². The van der Waals surface area contributed by atoms with Crippen LogP contribution in [0.2, 0.25) is 0 Å². The van der Waals surface area contributed by atoms with Gasteiger partial charge >= 0.3 is 0 Å². The molecule has 0 heterocycles. The van der Waals surface area contributed by atoms with Gasteiger partial charge in [-0.1, -0.05) is 25.0 Å². The number of hydrogen-bond donors (Lipinski definition) is 2. The monoisotopic (exact) mass is 293 g/mol. The van der Waals surface area contributed by atoms with Crippen molar-refractivity contribution in [2.45, 2.75) is 37.8 Å². The first-order valence-electron chi connectivity index (χ1n) is 7.30. The minimum atomic E-state index is -0.602. The molecule has 1 saturated carbocycles. The van der Waals surface area contributed by atoms with Gasteiger partial charge in [0.25, 0.3) is 5.69 Å². The minimum absolute atomic E-state index is 0.0861. The van der Waals surface area contributed by atoms with E-state index in [0.29, 0.717) is 18.8 Å². The summed E-state index contributed by atoms with van der Waals surface area (Å²) in [6.07, 6.45) is 3.82. The lowest BCUT2D eigenvalue weighted by Gasteiger charge is -2.29. The maximum atomic E-state index is 11.1. The largest absolute Gasteiger partial charge is 0.389 e. The number of benzene rings is 1. The van der Waals surface area contributed by atoms with E-state index in [1.165, 1.54) is 6.07 Å². The summed E-state index contributed by atoms with van der Waals surface area (Å²) in [4.78, 5) is 12.7. The van der Waals surface area contributed by atoms with Crippen LogP contribution in [0, 0.1) is 10.1 Å². The van der Waals surface area contributed by atoms with Crippen LogP contribution in [0.4, 0.5) is 11.4 Å². The molecule has 1 aliphatic rings. The van der Waals surface area contributed by atoms with Crippen LogP contribution < -0.4 is 5.32 Å². The Kier molecular flexibility index (Phi) is 4.80. The predicted molar refractivity (Wildman–Crippen MR) is 82.4 cm³/mol. The second kappa shape index (κ2) is 6.41. The van der Waals surface area contributed by atoms with Gasteiger partial charge in [0.05, 0.1) is 10.5 Å². The minimum Gasteiger partial charge on any atom is -0.389 e. The molecule has 0 bridgehead atoms. The van der Waals surface area contributed by atoms with Gasteiger partial charge in [-0.15, -0.1) is 0 Å². The smallest absolute Gasteiger partial charge is 0.292 e. The first-order valence-corrected chi connectivity index (χ1v) is 7.30. The number of nitro benzene ring substituents is 1. The van der Waals surface area contributed by atoms with Crippen molar-refractivity contribution in [3.63, 3.8) is 0 Å². The number of rotatable bonds is 6. The Morgan fingerprint density at radius 2 is 2.10 bits per heavy atom. The highest BCUT2D eigenvalue weighted by Crippen LogP contribution is 2.32. The first kappa shape index (κ1) is 15.7. The van der Waals surface area contributed by atoms with Gasteiger partial charge in [-0.3, -0.25) is 15.0 Å². The van der Waals surface area contributed by atoms with Crippen molar-refractivity contribution < 1.29 is 10.0 Å². The topological polar surface area (TPSA) is 78.6 Å². The van der Waals surface area contributed by atoms with Crippen LogP contribution in [-0.4, -0.2) is 41.2 Å². The summed E-state index contributed by atoms with van der Waals surface area (Å²) in [6.45, 7) is 1.17. The van der Waals surface area contributed by atoms with E-state index < -0.39 is 5.60 Å². The Bertz CT molecular complexity index is 513. The van der Waals surface area contributed by atoms with Crippen molar-refractivity contribution in [1.82, 2.24) is 4.90 Å². The van der Waals surface area contributed by atoms with Gasteiger partial charge in [0.2, 0.25) is 0 Å². The molecule has 0 atom stereocenters. The van der Waals surface area contributed by atoms with Crippen molar-refractivity contribution in [3.05, 3.63) is 33.9 Å². The van der Waals surface area contributed by atoms with Crippen LogP contribution in [0.3, 0.4) is 0 Å². The molecule has 0 saturated heterocycles. The number of likely N-dealkylation sites (N-methyl/N-ethyl adjacent to an activating group) is 1. The molecule has 2 N–H and O–H groups in total. The van der Waals surface area contributed by atoms with Gasteiger partial charge in [0.15, 0.2) is 0 Å². The molecule has 1 aromatic carbocycles. The molecule has 6 nitrogen and oxygen atoms in total. The third-order valence-electron chi connectivity index (χ3n) is 4.11. The van der Waals surface area contributed by atoms with Crippen molar-refractivity contribution in [2.75, 3.05) is 26.0 Å². The fourth-order valence-electron chi connectivity index (χ4n) is 3.20. The standard InChI is InChI=1S/C15H23N3O3/c1-16-14-12(6-5-7-13(14)18(20)21)10-17(2)11-15(19)8-3-4-9-15/h5-7,16,19H,3-4,8-11H2,1-2H3. The molecular weight excluding hydrogens is 270 g/mol. The average molecular weight is 293 g/mol.